The van der Waals surface area contributed by atoms with E-state index in [9.17, 15) is 4.79 Å². The maximum Gasteiger partial charge on any atom is 0.226 e. The van der Waals surface area contributed by atoms with Crippen LogP contribution in [-0.2, 0) is 11.2 Å². The summed E-state index contributed by atoms with van der Waals surface area (Å²) in [6.45, 7) is 2.81. The number of rotatable bonds is 5. The number of benzene rings is 1. The molecule has 1 amide bonds. The summed E-state index contributed by atoms with van der Waals surface area (Å²) < 4.78 is 1.73. The molecule has 0 aliphatic carbocycles. The van der Waals surface area contributed by atoms with Crippen molar-refractivity contribution in [1.82, 2.24) is 20.3 Å². The molecule has 0 atom stereocenters. The molecule has 0 bridgehead atoms. The molecule has 0 spiro atoms. The minimum atomic E-state index is -0.0892. The SMILES string of the molecule is Cc1c(CC(=O)NCCN)nnn1-c1ccccc1.Cl. The predicted octanol–water partition coefficient (Wildman–Crippen LogP) is 0.615. The molecule has 0 unspecified atom stereocenters. The van der Waals surface area contributed by atoms with Crippen molar-refractivity contribution < 1.29 is 4.79 Å². The van der Waals surface area contributed by atoms with Crippen LogP contribution in [0.25, 0.3) is 5.69 Å². The number of aromatic nitrogens is 3. The first-order chi connectivity index (χ1) is 9.22. The van der Waals surface area contributed by atoms with Gasteiger partial charge in [-0.25, -0.2) is 4.68 Å². The smallest absolute Gasteiger partial charge is 0.226 e. The Morgan fingerprint density at radius 2 is 2.05 bits per heavy atom. The van der Waals surface area contributed by atoms with Crippen LogP contribution in [0.1, 0.15) is 11.4 Å². The van der Waals surface area contributed by atoms with Gasteiger partial charge in [0, 0.05) is 13.1 Å². The molecule has 108 valence electrons. The van der Waals surface area contributed by atoms with Crippen LogP contribution in [0, 0.1) is 6.92 Å². The number of hydrogen-bond donors (Lipinski definition) is 2. The van der Waals surface area contributed by atoms with Crippen molar-refractivity contribution in [2.45, 2.75) is 13.3 Å². The van der Waals surface area contributed by atoms with Gasteiger partial charge in [-0.15, -0.1) is 17.5 Å². The van der Waals surface area contributed by atoms with Gasteiger partial charge in [0.05, 0.1) is 23.5 Å². The topological polar surface area (TPSA) is 85.8 Å². The van der Waals surface area contributed by atoms with Crippen LogP contribution in [0.2, 0.25) is 0 Å². The fourth-order valence-corrected chi connectivity index (χ4v) is 1.76. The highest BCUT2D eigenvalue weighted by Crippen LogP contribution is 2.11. The maximum atomic E-state index is 11.6. The van der Waals surface area contributed by atoms with Crippen molar-refractivity contribution in [3.05, 3.63) is 41.7 Å². The molecule has 0 radical (unpaired) electrons. The van der Waals surface area contributed by atoms with Gasteiger partial charge in [0.15, 0.2) is 0 Å². The third kappa shape index (κ3) is 3.79. The second-order valence-electron chi connectivity index (χ2n) is 4.18. The predicted molar refractivity (Wildman–Crippen MR) is 79.1 cm³/mol. The normalized spacial score (nSPS) is 9.90. The Labute approximate surface area is 123 Å². The average Bonchev–Trinajstić information content (AvgIpc) is 2.79. The van der Waals surface area contributed by atoms with Crippen LogP contribution in [0.4, 0.5) is 0 Å². The molecule has 1 aromatic carbocycles. The van der Waals surface area contributed by atoms with Crippen LogP contribution in [0.15, 0.2) is 30.3 Å². The Bertz CT molecular complexity index is 555. The van der Waals surface area contributed by atoms with E-state index in [1.165, 1.54) is 0 Å². The molecule has 6 nitrogen and oxygen atoms in total. The lowest BCUT2D eigenvalue weighted by molar-refractivity contribution is -0.120. The molecule has 2 aromatic rings. The summed E-state index contributed by atoms with van der Waals surface area (Å²) in [5.41, 5.74) is 7.81. The summed E-state index contributed by atoms with van der Waals surface area (Å²) in [5.74, 6) is -0.0892. The first-order valence-corrected chi connectivity index (χ1v) is 6.15. The van der Waals surface area contributed by atoms with E-state index in [1.807, 2.05) is 37.3 Å². The molecule has 7 heteroatoms. The second-order valence-corrected chi connectivity index (χ2v) is 4.18. The Morgan fingerprint density at radius 3 is 2.70 bits per heavy atom. The fraction of sp³-hybridized carbons (Fsp3) is 0.308. The van der Waals surface area contributed by atoms with Crippen molar-refractivity contribution in [2.75, 3.05) is 13.1 Å². The Kier molecular flexibility index (Phi) is 6.14. The van der Waals surface area contributed by atoms with Crippen LogP contribution in [0.5, 0.6) is 0 Å². The number of carbonyl (C=O) groups is 1. The molecule has 0 saturated carbocycles. The fourth-order valence-electron chi connectivity index (χ4n) is 1.76. The minimum absolute atomic E-state index is 0. The number of nitrogens with two attached hydrogens (primary N) is 1. The third-order valence-corrected chi connectivity index (χ3v) is 2.79. The lowest BCUT2D eigenvalue weighted by Gasteiger charge is -2.04. The quantitative estimate of drug-likeness (QED) is 0.846. The number of nitrogens with zero attached hydrogens (tertiary/aromatic N) is 3. The van der Waals surface area contributed by atoms with Gasteiger partial charge >= 0.3 is 0 Å². The van der Waals surface area contributed by atoms with Gasteiger partial charge in [-0.2, -0.15) is 0 Å². The molecule has 0 aliphatic rings. The highest BCUT2D eigenvalue weighted by molar-refractivity contribution is 5.85. The van der Waals surface area contributed by atoms with E-state index in [0.717, 1.165) is 11.4 Å². The minimum Gasteiger partial charge on any atom is -0.354 e. The summed E-state index contributed by atoms with van der Waals surface area (Å²) in [7, 11) is 0. The first kappa shape index (κ1) is 16.1. The van der Waals surface area contributed by atoms with Gasteiger partial charge in [0.2, 0.25) is 5.91 Å². The van der Waals surface area contributed by atoms with E-state index in [4.69, 9.17) is 5.73 Å². The van der Waals surface area contributed by atoms with Gasteiger partial charge in [-0.05, 0) is 19.1 Å². The van der Waals surface area contributed by atoms with Gasteiger partial charge in [0.1, 0.15) is 0 Å². The van der Waals surface area contributed by atoms with Gasteiger partial charge in [-0.3, -0.25) is 4.79 Å². The largest absolute Gasteiger partial charge is 0.354 e. The van der Waals surface area contributed by atoms with Crippen molar-refractivity contribution in [3.8, 4) is 5.69 Å². The van der Waals surface area contributed by atoms with Crippen LogP contribution in [0.3, 0.4) is 0 Å². The highest BCUT2D eigenvalue weighted by atomic mass is 35.5. The number of carbonyl (C=O) groups excluding carboxylic acids is 1. The zero-order valence-corrected chi connectivity index (χ0v) is 12.1. The molecular formula is C13H18ClN5O. The summed E-state index contributed by atoms with van der Waals surface area (Å²) in [6, 6.07) is 9.70. The number of nitrogens with one attached hydrogen (secondary N) is 1. The molecule has 3 N–H and O–H groups in total. The molecule has 0 saturated heterocycles. The van der Waals surface area contributed by atoms with Crippen molar-refractivity contribution in [2.24, 2.45) is 5.73 Å². The van der Waals surface area contributed by atoms with Crippen molar-refractivity contribution >= 4 is 18.3 Å². The van der Waals surface area contributed by atoms with E-state index in [2.05, 4.69) is 15.6 Å². The molecule has 2 rings (SSSR count). The first-order valence-electron chi connectivity index (χ1n) is 6.15. The Morgan fingerprint density at radius 1 is 1.35 bits per heavy atom. The number of hydrogen-bond acceptors (Lipinski definition) is 4. The molecule has 0 aliphatic heterocycles. The lowest BCUT2D eigenvalue weighted by atomic mass is 10.2. The van der Waals surface area contributed by atoms with E-state index >= 15 is 0 Å². The summed E-state index contributed by atoms with van der Waals surface area (Å²) in [5, 5.41) is 10.9. The number of para-hydroxylation sites is 1. The number of amides is 1. The molecular weight excluding hydrogens is 278 g/mol. The number of halogens is 1. The van der Waals surface area contributed by atoms with Gasteiger partial charge < -0.3 is 11.1 Å². The Balaban J connectivity index is 0.00000200. The van der Waals surface area contributed by atoms with Crippen molar-refractivity contribution in [3.63, 3.8) is 0 Å². The standard InChI is InChI=1S/C13H17N5O.ClH/c1-10-12(9-13(19)15-8-7-14)16-17-18(10)11-5-3-2-4-6-11;/h2-6H,7-9,14H2,1H3,(H,15,19);1H. The van der Waals surface area contributed by atoms with Gasteiger partial charge in [0.25, 0.3) is 0 Å². The van der Waals surface area contributed by atoms with E-state index in [0.29, 0.717) is 18.8 Å². The summed E-state index contributed by atoms with van der Waals surface area (Å²) in [4.78, 5) is 11.6. The molecule has 1 aromatic heterocycles. The molecule has 20 heavy (non-hydrogen) atoms. The van der Waals surface area contributed by atoms with Crippen LogP contribution < -0.4 is 11.1 Å². The molecule has 1 heterocycles. The van der Waals surface area contributed by atoms with E-state index in [1.54, 1.807) is 4.68 Å². The molecule has 0 fully saturated rings. The second kappa shape index (κ2) is 7.62. The maximum absolute atomic E-state index is 11.6. The van der Waals surface area contributed by atoms with Crippen LogP contribution >= 0.6 is 12.4 Å². The monoisotopic (exact) mass is 295 g/mol. The van der Waals surface area contributed by atoms with Crippen molar-refractivity contribution in [1.29, 1.82) is 0 Å². The summed E-state index contributed by atoms with van der Waals surface area (Å²) >= 11 is 0. The van der Waals surface area contributed by atoms with E-state index in [-0.39, 0.29) is 24.7 Å². The summed E-state index contributed by atoms with van der Waals surface area (Å²) in [6.07, 6.45) is 0.221. The third-order valence-electron chi connectivity index (χ3n) is 2.79. The average molecular weight is 296 g/mol. The van der Waals surface area contributed by atoms with Crippen LogP contribution in [-0.4, -0.2) is 34.0 Å². The zero-order chi connectivity index (χ0) is 13.7. The Hall–Kier alpha value is -1.92. The van der Waals surface area contributed by atoms with Gasteiger partial charge in [-0.1, -0.05) is 23.4 Å². The zero-order valence-electron chi connectivity index (χ0n) is 11.2. The van der Waals surface area contributed by atoms with E-state index < -0.39 is 0 Å². The highest BCUT2D eigenvalue weighted by Gasteiger charge is 2.13. The lowest BCUT2D eigenvalue weighted by Crippen LogP contribution is -2.30.